The van der Waals surface area contributed by atoms with E-state index in [1.807, 2.05) is 12.1 Å². The van der Waals surface area contributed by atoms with Gasteiger partial charge in [-0.25, -0.2) is 4.98 Å². The molecule has 1 heterocycles. The molecule has 1 aromatic rings. The molecule has 0 aliphatic rings. The average Bonchev–Trinajstić information content (AvgIpc) is 2.03. The zero-order valence-electron chi connectivity index (χ0n) is 8.00. The van der Waals surface area contributed by atoms with Gasteiger partial charge in [0.2, 0.25) is 0 Å². The van der Waals surface area contributed by atoms with Gasteiger partial charge in [0.25, 0.3) is 0 Å². The van der Waals surface area contributed by atoms with E-state index in [1.165, 1.54) is 0 Å². The summed E-state index contributed by atoms with van der Waals surface area (Å²) in [4.78, 5) is 3.99. The van der Waals surface area contributed by atoms with Crippen LogP contribution in [0.2, 0.25) is 5.15 Å². The molecule has 13 heavy (non-hydrogen) atoms. The predicted octanol–water partition coefficient (Wildman–Crippen LogP) is 2.78. The Morgan fingerprint density at radius 3 is 2.77 bits per heavy atom. The molecular formula is C10H15ClN2. The van der Waals surface area contributed by atoms with E-state index in [4.69, 9.17) is 17.3 Å². The lowest BCUT2D eigenvalue weighted by atomic mass is 9.99. The van der Waals surface area contributed by atoms with E-state index in [9.17, 15) is 0 Å². The van der Waals surface area contributed by atoms with E-state index >= 15 is 0 Å². The van der Waals surface area contributed by atoms with Crippen molar-refractivity contribution < 1.29 is 0 Å². The Bertz CT molecular complexity index is 273. The minimum Gasteiger partial charge on any atom is -0.324 e. The number of hydrogen-bond acceptors (Lipinski definition) is 2. The number of hydrogen-bond donors (Lipinski definition) is 1. The van der Waals surface area contributed by atoms with Crippen LogP contribution in [-0.4, -0.2) is 4.98 Å². The second-order valence-corrected chi connectivity index (χ2v) is 3.98. The van der Waals surface area contributed by atoms with Crippen molar-refractivity contribution in [2.24, 2.45) is 11.7 Å². The van der Waals surface area contributed by atoms with Gasteiger partial charge in [0.05, 0.1) is 0 Å². The first-order valence-corrected chi connectivity index (χ1v) is 4.85. The Labute approximate surface area is 84.1 Å². The second kappa shape index (κ2) is 4.58. The Morgan fingerprint density at radius 2 is 2.23 bits per heavy atom. The van der Waals surface area contributed by atoms with Gasteiger partial charge in [0, 0.05) is 17.8 Å². The maximum atomic E-state index is 5.97. The van der Waals surface area contributed by atoms with Crippen LogP contribution >= 0.6 is 11.6 Å². The summed E-state index contributed by atoms with van der Waals surface area (Å²) in [6, 6.07) is 3.80. The standard InChI is InChI=1S/C10H15ClN2/c1-7(2)6-9(12)8-4-3-5-13-10(8)11/h3-5,7,9H,6,12H2,1-2H3/t9-/m0/s1. The molecule has 0 aliphatic carbocycles. The monoisotopic (exact) mass is 198 g/mol. The smallest absolute Gasteiger partial charge is 0.133 e. The van der Waals surface area contributed by atoms with E-state index in [1.54, 1.807) is 6.20 Å². The lowest BCUT2D eigenvalue weighted by molar-refractivity contribution is 0.509. The van der Waals surface area contributed by atoms with Gasteiger partial charge in [-0.05, 0) is 18.4 Å². The molecule has 72 valence electrons. The summed E-state index contributed by atoms with van der Waals surface area (Å²) in [5.74, 6) is 0.575. The highest BCUT2D eigenvalue weighted by Crippen LogP contribution is 2.23. The quantitative estimate of drug-likeness (QED) is 0.759. The van der Waals surface area contributed by atoms with Crippen molar-refractivity contribution in [3.05, 3.63) is 29.0 Å². The van der Waals surface area contributed by atoms with Crippen LogP contribution in [-0.2, 0) is 0 Å². The van der Waals surface area contributed by atoms with Crippen molar-refractivity contribution in [3.8, 4) is 0 Å². The topological polar surface area (TPSA) is 38.9 Å². The van der Waals surface area contributed by atoms with Gasteiger partial charge in [-0.3, -0.25) is 0 Å². The molecule has 0 radical (unpaired) electrons. The van der Waals surface area contributed by atoms with Gasteiger partial charge >= 0.3 is 0 Å². The molecule has 2 N–H and O–H groups in total. The average molecular weight is 199 g/mol. The Kier molecular flexibility index (Phi) is 3.70. The van der Waals surface area contributed by atoms with Crippen molar-refractivity contribution >= 4 is 11.6 Å². The fourth-order valence-corrected chi connectivity index (χ4v) is 1.57. The van der Waals surface area contributed by atoms with Gasteiger partial charge in [0.15, 0.2) is 0 Å². The molecule has 0 saturated carbocycles. The Hall–Kier alpha value is -0.600. The first-order chi connectivity index (χ1) is 6.11. The minimum absolute atomic E-state index is 0.00111. The van der Waals surface area contributed by atoms with Crippen LogP contribution in [0.25, 0.3) is 0 Å². The van der Waals surface area contributed by atoms with E-state index in [0.29, 0.717) is 11.1 Å². The van der Waals surface area contributed by atoms with E-state index in [0.717, 1.165) is 12.0 Å². The van der Waals surface area contributed by atoms with Crippen LogP contribution in [0.4, 0.5) is 0 Å². The predicted molar refractivity (Wildman–Crippen MR) is 55.6 cm³/mol. The number of halogens is 1. The highest BCUT2D eigenvalue weighted by molar-refractivity contribution is 6.30. The summed E-state index contributed by atoms with van der Waals surface area (Å²) in [6.45, 7) is 4.29. The molecule has 1 aromatic heterocycles. The normalized spacial score (nSPS) is 13.3. The summed E-state index contributed by atoms with van der Waals surface area (Å²) in [5, 5.41) is 0.524. The molecule has 0 bridgehead atoms. The largest absolute Gasteiger partial charge is 0.324 e. The molecule has 0 unspecified atom stereocenters. The zero-order chi connectivity index (χ0) is 9.84. The summed E-state index contributed by atoms with van der Waals surface area (Å²) in [7, 11) is 0. The first-order valence-electron chi connectivity index (χ1n) is 4.47. The lowest BCUT2D eigenvalue weighted by Crippen LogP contribution is -2.13. The van der Waals surface area contributed by atoms with Gasteiger partial charge < -0.3 is 5.73 Å². The molecule has 0 spiro atoms. The molecular weight excluding hydrogens is 184 g/mol. The summed E-state index contributed by atoms with van der Waals surface area (Å²) >= 11 is 5.91. The first kappa shape index (κ1) is 10.5. The molecule has 2 nitrogen and oxygen atoms in total. The Balaban J connectivity index is 2.76. The number of rotatable bonds is 3. The molecule has 0 saturated heterocycles. The summed E-state index contributed by atoms with van der Waals surface area (Å²) < 4.78 is 0. The van der Waals surface area contributed by atoms with Gasteiger partial charge in [-0.2, -0.15) is 0 Å². The van der Waals surface area contributed by atoms with E-state index < -0.39 is 0 Å². The SMILES string of the molecule is CC(C)C[C@H](N)c1cccnc1Cl. The summed E-state index contributed by atoms with van der Waals surface area (Å²) in [6.07, 6.45) is 2.61. The highest BCUT2D eigenvalue weighted by Gasteiger charge is 2.11. The van der Waals surface area contributed by atoms with Crippen LogP contribution in [0.3, 0.4) is 0 Å². The van der Waals surface area contributed by atoms with E-state index in [-0.39, 0.29) is 6.04 Å². The fraction of sp³-hybridized carbons (Fsp3) is 0.500. The molecule has 1 atom stereocenters. The molecule has 0 fully saturated rings. The third-order valence-electron chi connectivity index (χ3n) is 1.91. The number of pyridine rings is 1. The molecule has 0 aromatic carbocycles. The maximum Gasteiger partial charge on any atom is 0.133 e. The lowest BCUT2D eigenvalue weighted by Gasteiger charge is -2.14. The molecule has 0 amide bonds. The molecule has 1 rings (SSSR count). The molecule has 3 heteroatoms. The Morgan fingerprint density at radius 1 is 1.54 bits per heavy atom. The highest BCUT2D eigenvalue weighted by atomic mass is 35.5. The van der Waals surface area contributed by atoms with Gasteiger partial charge in [-0.15, -0.1) is 0 Å². The van der Waals surface area contributed by atoms with Crippen LogP contribution < -0.4 is 5.73 Å². The maximum absolute atomic E-state index is 5.97. The van der Waals surface area contributed by atoms with Crippen molar-refractivity contribution in [2.45, 2.75) is 26.3 Å². The van der Waals surface area contributed by atoms with Gasteiger partial charge in [-0.1, -0.05) is 31.5 Å². The van der Waals surface area contributed by atoms with Crippen LogP contribution in [0.15, 0.2) is 18.3 Å². The summed E-state index contributed by atoms with van der Waals surface area (Å²) in [5.41, 5.74) is 6.91. The third kappa shape index (κ3) is 2.98. The van der Waals surface area contributed by atoms with Gasteiger partial charge in [0.1, 0.15) is 5.15 Å². The fourth-order valence-electron chi connectivity index (χ4n) is 1.31. The number of nitrogens with zero attached hydrogens (tertiary/aromatic N) is 1. The van der Waals surface area contributed by atoms with Crippen molar-refractivity contribution in [3.63, 3.8) is 0 Å². The van der Waals surface area contributed by atoms with Crippen molar-refractivity contribution in [1.82, 2.24) is 4.98 Å². The van der Waals surface area contributed by atoms with E-state index in [2.05, 4.69) is 18.8 Å². The van der Waals surface area contributed by atoms with Crippen molar-refractivity contribution in [2.75, 3.05) is 0 Å². The van der Waals surface area contributed by atoms with Crippen LogP contribution in [0.5, 0.6) is 0 Å². The van der Waals surface area contributed by atoms with Crippen LogP contribution in [0.1, 0.15) is 31.9 Å². The second-order valence-electron chi connectivity index (χ2n) is 3.62. The van der Waals surface area contributed by atoms with Crippen molar-refractivity contribution in [1.29, 1.82) is 0 Å². The number of aromatic nitrogens is 1. The van der Waals surface area contributed by atoms with Crippen LogP contribution in [0, 0.1) is 5.92 Å². The third-order valence-corrected chi connectivity index (χ3v) is 2.23. The minimum atomic E-state index is 0.00111. The zero-order valence-corrected chi connectivity index (χ0v) is 8.75. The molecule has 0 aliphatic heterocycles. The number of nitrogens with two attached hydrogens (primary N) is 1.